The summed E-state index contributed by atoms with van der Waals surface area (Å²) < 4.78 is 43.9. The summed E-state index contributed by atoms with van der Waals surface area (Å²) in [5, 5.41) is 39.9. The van der Waals surface area contributed by atoms with E-state index in [9.17, 15) is 37.8 Å². The Balaban J connectivity index is 0.00000102. The van der Waals surface area contributed by atoms with E-state index in [1.165, 1.54) is 19.2 Å². The highest BCUT2D eigenvalue weighted by Gasteiger charge is 2.29. The molecule has 0 unspecified atom stereocenters. The van der Waals surface area contributed by atoms with Crippen molar-refractivity contribution in [1.82, 2.24) is 10.3 Å². The fourth-order valence-electron chi connectivity index (χ4n) is 7.22. The van der Waals surface area contributed by atoms with Gasteiger partial charge >= 0.3 is 12.3 Å². The van der Waals surface area contributed by atoms with Crippen molar-refractivity contribution in [2.24, 2.45) is 0 Å². The van der Waals surface area contributed by atoms with Crippen LogP contribution in [0.15, 0.2) is 89.7 Å². The van der Waals surface area contributed by atoms with Crippen molar-refractivity contribution in [3.63, 3.8) is 0 Å². The molecule has 1 aromatic heterocycles. The van der Waals surface area contributed by atoms with Crippen LogP contribution < -0.4 is 31.4 Å². The van der Waals surface area contributed by atoms with E-state index in [0.29, 0.717) is 46.1 Å². The molecular weight excluding hydrogens is 859 g/mol. The first-order chi connectivity index (χ1) is 30.3. The maximum absolute atomic E-state index is 13.1. The smallest absolute Gasteiger partial charge is 0.430 e. The van der Waals surface area contributed by atoms with E-state index in [4.69, 9.17) is 31.0 Å². The number of carboxylic acid groups (broad SMARTS) is 1. The number of H-pyrrole nitrogens is 1. The Morgan fingerprint density at radius 3 is 2.33 bits per heavy atom. The van der Waals surface area contributed by atoms with Crippen LogP contribution in [0.5, 0.6) is 11.5 Å². The molecule has 6 N–H and O–H groups in total. The van der Waals surface area contributed by atoms with Crippen LogP contribution in [0.4, 0.5) is 29.3 Å². The molecule has 2 heterocycles. The number of carboxylic acids is 1. The highest BCUT2D eigenvalue weighted by molar-refractivity contribution is 6.33. The minimum atomic E-state index is -5.19. The molecule has 2 amide bonds. The van der Waals surface area contributed by atoms with E-state index in [1.807, 2.05) is 42.5 Å². The Morgan fingerprint density at radius 2 is 1.66 bits per heavy atom. The number of aromatic nitrogens is 1. The zero-order valence-corrected chi connectivity index (χ0v) is 36.3. The maximum atomic E-state index is 13.1. The normalized spacial score (nSPS) is 14.2. The van der Waals surface area contributed by atoms with Crippen LogP contribution >= 0.6 is 11.6 Å². The molecule has 18 heteroatoms. The number of fused-ring (bicyclic) bond motifs is 1. The average Bonchev–Trinajstić information content (AvgIpc) is 3.24. The predicted molar refractivity (Wildman–Crippen MR) is 235 cm³/mol. The maximum Gasteiger partial charge on any atom is 0.430 e. The largest absolute Gasteiger partial charge is 0.542 e. The molecule has 1 atom stereocenters. The fraction of sp³-hybridized carbons (Fsp3) is 0.348. The second-order valence-electron chi connectivity index (χ2n) is 16.0. The first-order valence-electron chi connectivity index (χ1n) is 20.5. The number of aliphatic hydroxyl groups is 1. The van der Waals surface area contributed by atoms with Crippen molar-refractivity contribution in [3.05, 3.63) is 117 Å². The number of phenols is 1. The van der Waals surface area contributed by atoms with E-state index >= 15 is 0 Å². The number of nitrogens with one attached hydrogen (secondary N) is 4. The summed E-state index contributed by atoms with van der Waals surface area (Å²) in [7, 11) is 5.92. The molecule has 1 aliphatic heterocycles. The molecule has 0 radical (unpaired) electrons. The third kappa shape index (κ3) is 13.9. The lowest BCUT2D eigenvalue weighted by Crippen LogP contribution is -2.48. The van der Waals surface area contributed by atoms with E-state index in [2.05, 4.69) is 41.1 Å². The van der Waals surface area contributed by atoms with Gasteiger partial charge in [-0.1, -0.05) is 60.1 Å². The summed E-state index contributed by atoms with van der Waals surface area (Å²) in [6.07, 6.45) is -2.61. The molecular formula is C46H51ClF3N5O9. The summed E-state index contributed by atoms with van der Waals surface area (Å²) in [6.45, 7) is 2.41. The zero-order chi connectivity index (χ0) is 46.6. The molecule has 0 bridgehead atoms. The Labute approximate surface area is 372 Å². The monoisotopic (exact) mass is 909 g/mol. The predicted octanol–water partition coefficient (Wildman–Crippen LogP) is 6.82. The third-order valence-electron chi connectivity index (χ3n) is 10.7. The number of aliphatic hydroxyl groups excluding tert-OH is 1. The van der Waals surface area contributed by atoms with Crippen LogP contribution in [0, 0.1) is 0 Å². The van der Waals surface area contributed by atoms with Gasteiger partial charge in [0.05, 0.1) is 62.3 Å². The third-order valence-corrected chi connectivity index (χ3v) is 11.0. The molecule has 0 saturated carbocycles. The van der Waals surface area contributed by atoms with Gasteiger partial charge in [0.25, 0.3) is 0 Å². The number of carbonyl (C=O) groups excluding carboxylic acids is 3. The molecule has 4 aromatic carbocycles. The quantitative estimate of drug-likeness (QED) is 0.0478. The van der Waals surface area contributed by atoms with Gasteiger partial charge < -0.3 is 49.7 Å². The zero-order valence-electron chi connectivity index (χ0n) is 35.5. The lowest BCUT2D eigenvalue weighted by atomic mass is 9.99. The number of rotatable bonds is 15. The number of piperidine rings is 1. The lowest BCUT2D eigenvalue weighted by molar-refractivity contribution is -0.896. The number of methoxy groups -OCH3 is 1. The minimum Gasteiger partial charge on any atom is -0.542 e. The molecule has 1 fully saturated rings. The van der Waals surface area contributed by atoms with E-state index in [0.717, 1.165) is 65.5 Å². The first kappa shape index (κ1) is 48.9. The van der Waals surface area contributed by atoms with Crippen LogP contribution in [0.1, 0.15) is 54.9 Å². The van der Waals surface area contributed by atoms with Crippen LogP contribution in [0.2, 0.25) is 5.02 Å². The first-order valence-corrected chi connectivity index (χ1v) is 20.9. The number of ether oxygens (including phenoxy) is 2. The van der Waals surface area contributed by atoms with Gasteiger partial charge in [-0.25, -0.2) is 4.79 Å². The van der Waals surface area contributed by atoms with Gasteiger partial charge in [-0.2, -0.15) is 13.2 Å². The molecule has 1 saturated heterocycles. The second kappa shape index (κ2) is 22.0. The van der Waals surface area contributed by atoms with Crippen molar-refractivity contribution in [1.29, 1.82) is 0 Å². The van der Waals surface area contributed by atoms with Gasteiger partial charge in [0.15, 0.2) is 0 Å². The van der Waals surface area contributed by atoms with Crippen LogP contribution in [-0.4, -0.2) is 90.8 Å². The number of halogens is 4. The minimum absolute atomic E-state index is 0.0790. The number of likely N-dealkylation sites (tertiary alicyclic amines) is 1. The molecule has 64 heavy (non-hydrogen) atoms. The fourth-order valence-corrected chi connectivity index (χ4v) is 7.45. The number of pyridine rings is 1. The summed E-state index contributed by atoms with van der Waals surface area (Å²) in [5.74, 6) is -2.75. The van der Waals surface area contributed by atoms with Crippen LogP contribution in [0.25, 0.3) is 22.0 Å². The Bertz CT molecular complexity index is 2470. The van der Waals surface area contributed by atoms with Crippen LogP contribution in [0.3, 0.4) is 0 Å². The number of anilines is 2. The number of unbranched alkanes of at least 4 members (excludes halogenated alkanes) is 1. The molecule has 1 aliphatic rings. The number of benzene rings is 4. The van der Waals surface area contributed by atoms with Gasteiger partial charge in [-0.05, 0) is 60.2 Å². The molecule has 6 rings (SSSR count). The Morgan fingerprint density at radius 1 is 0.953 bits per heavy atom. The summed E-state index contributed by atoms with van der Waals surface area (Å²) >= 11 is 6.61. The topological polar surface area (TPSA) is 202 Å². The Hall–Kier alpha value is -6.14. The van der Waals surface area contributed by atoms with Crippen molar-refractivity contribution < 1.29 is 56.8 Å². The molecule has 0 aliphatic carbocycles. The van der Waals surface area contributed by atoms with Crippen molar-refractivity contribution >= 4 is 51.8 Å². The number of amides is 2. The standard InChI is InChI=1S/C44H50ClN5O7.C2HF3O2/c1-50(2)21-19-31(20-22-50)57-44(55)48-36-23-28(13-14-32(36)29-10-5-4-6-11-29)9-7-8-12-41(53)47-37-25-40(56-3)30(24-35(37)45)26-46-27-39(52)33-15-17-38(51)43-34(33)16-18-42(54)49-43;3-2(4,5)1(6)7/h4-6,10-11,13-18,23-25,31,39,46,52H,7-9,12,19-22,26-27H2,1-3H3,(H3-,47,48,49,51,53,54,55);(H,6,7)/t39-;/m0./s1. The molecule has 0 spiro atoms. The number of aromatic amines is 1. The second-order valence-corrected chi connectivity index (χ2v) is 16.4. The van der Waals surface area contributed by atoms with Gasteiger partial charge in [-0.3, -0.25) is 14.9 Å². The number of aliphatic carboxylic acids is 1. The van der Waals surface area contributed by atoms with Gasteiger partial charge in [0.2, 0.25) is 11.5 Å². The van der Waals surface area contributed by atoms with Crippen molar-refractivity contribution in [2.75, 3.05) is 51.5 Å². The van der Waals surface area contributed by atoms with Crippen molar-refractivity contribution in [2.45, 2.75) is 63.5 Å². The summed E-state index contributed by atoms with van der Waals surface area (Å²) in [4.78, 5) is 49.2. The lowest BCUT2D eigenvalue weighted by Gasteiger charge is -2.36. The summed E-state index contributed by atoms with van der Waals surface area (Å²) in [6, 6.07) is 25.4. The average molecular weight is 910 g/mol. The number of quaternary nitrogens is 1. The van der Waals surface area contributed by atoms with Gasteiger partial charge in [0, 0.05) is 61.0 Å². The Kier molecular flexibility index (Phi) is 16.8. The van der Waals surface area contributed by atoms with Crippen LogP contribution in [-0.2, 0) is 27.3 Å². The highest BCUT2D eigenvalue weighted by Crippen LogP contribution is 2.33. The number of alkyl halides is 3. The number of aryl methyl sites for hydroxylation is 1. The number of nitrogens with zero attached hydrogens (tertiary/aromatic N) is 1. The molecule has 342 valence electrons. The molecule has 14 nitrogen and oxygen atoms in total. The van der Waals surface area contributed by atoms with E-state index < -0.39 is 24.3 Å². The number of phenolic OH excluding ortho intramolecular Hbond substituents is 1. The number of hydrogen-bond acceptors (Lipinski definition) is 10. The summed E-state index contributed by atoms with van der Waals surface area (Å²) in [5.41, 5.74) is 5.25. The number of carbonyl (C=O) groups is 3. The van der Waals surface area contributed by atoms with Crippen molar-refractivity contribution in [3.8, 4) is 22.6 Å². The SMILES string of the molecule is COc1cc(NC(=O)CCCCc2ccc(-c3ccccc3)c(NC(=O)OC3CC[N+](C)(C)CC3)c2)c(Cl)cc1CNC[C@H](O)c1ccc(O)c2[nH]c(=O)ccc12.O=C([O-])C(F)(F)F. The van der Waals surface area contributed by atoms with E-state index in [-0.39, 0.29) is 41.8 Å². The van der Waals surface area contributed by atoms with Gasteiger partial charge in [-0.15, -0.1) is 0 Å². The highest BCUT2D eigenvalue weighted by atomic mass is 35.5. The number of aromatic hydroxyl groups is 1. The number of hydrogen-bond donors (Lipinski definition) is 6. The molecule has 5 aromatic rings. The van der Waals surface area contributed by atoms with E-state index in [1.54, 1.807) is 24.3 Å². The van der Waals surface area contributed by atoms with Gasteiger partial charge in [0.1, 0.15) is 23.6 Å².